The first kappa shape index (κ1) is 23.7. The molecule has 0 fully saturated rings. The average molecular weight is 446 g/mol. The van der Waals surface area contributed by atoms with Crippen LogP contribution in [0.25, 0.3) is 11.1 Å². The summed E-state index contributed by atoms with van der Waals surface area (Å²) < 4.78 is 5.21. The highest BCUT2D eigenvalue weighted by atomic mass is 16.5. The highest BCUT2D eigenvalue weighted by Gasteiger charge is 2.26. The average Bonchev–Trinajstić information content (AvgIpc) is 3.38. The molecule has 170 valence electrons. The molecule has 2 aromatic carbocycles. The molecule has 0 saturated carbocycles. The molecule has 0 spiro atoms. The Morgan fingerprint density at radius 3 is 2.48 bits per heavy atom. The Hall–Kier alpha value is -3.99. The number of nitriles is 1. The summed E-state index contributed by atoms with van der Waals surface area (Å²) in [7, 11) is 0. The highest BCUT2D eigenvalue weighted by molar-refractivity contribution is 5.92. The molecular formula is C25H27N5O3. The van der Waals surface area contributed by atoms with Crippen LogP contribution in [-0.4, -0.2) is 39.9 Å². The molecule has 3 aromatic rings. The van der Waals surface area contributed by atoms with Gasteiger partial charge in [-0.05, 0) is 42.9 Å². The number of hydrogen-bond acceptors (Lipinski definition) is 6. The first-order valence-corrected chi connectivity index (χ1v) is 11.0. The van der Waals surface area contributed by atoms with Gasteiger partial charge in [0.05, 0.1) is 24.8 Å². The van der Waals surface area contributed by atoms with Gasteiger partial charge in [0.25, 0.3) is 5.91 Å². The summed E-state index contributed by atoms with van der Waals surface area (Å²) >= 11 is 0. The van der Waals surface area contributed by atoms with Gasteiger partial charge < -0.3 is 10.1 Å². The Labute approximate surface area is 193 Å². The van der Waals surface area contributed by atoms with Crippen LogP contribution in [0.2, 0.25) is 0 Å². The minimum Gasteiger partial charge on any atom is -0.466 e. The van der Waals surface area contributed by atoms with Gasteiger partial charge in [0.15, 0.2) is 0 Å². The number of H-pyrrole nitrogens is 1. The van der Waals surface area contributed by atoms with E-state index >= 15 is 0 Å². The van der Waals surface area contributed by atoms with Crippen LogP contribution in [0.15, 0.2) is 60.8 Å². The number of carbonyl (C=O) groups is 2. The fraction of sp³-hybridized carbons (Fsp3) is 0.320. The summed E-state index contributed by atoms with van der Waals surface area (Å²) in [6.45, 7) is 2.01. The van der Waals surface area contributed by atoms with Crippen molar-refractivity contribution in [1.82, 2.24) is 20.7 Å². The number of aromatic nitrogens is 3. The minimum atomic E-state index is -0.488. The standard InChI is InChI=1S/C25H27N5O3/c1-2-33-25(32)21(9-6-14-26)16-22(28-24(31)23-17-27-30-29-23)15-18-10-12-20(13-11-18)19-7-4-3-5-8-19/h3-5,7-8,10-13,17,21-22H,2,6,9,15-16H2,1H3,(H,28,31)(H,27,29,30)/t21-,22-/m1/s1. The van der Waals surface area contributed by atoms with E-state index in [0.717, 1.165) is 16.7 Å². The summed E-state index contributed by atoms with van der Waals surface area (Å²) in [5.41, 5.74) is 3.48. The summed E-state index contributed by atoms with van der Waals surface area (Å²) in [4.78, 5) is 25.1. The van der Waals surface area contributed by atoms with Crippen molar-refractivity contribution in [3.63, 3.8) is 0 Å². The van der Waals surface area contributed by atoms with Crippen molar-refractivity contribution in [1.29, 1.82) is 5.26 Å². The molecule has 1 aromatic heterocycles. The number of nitrogens with zero attached hydrogens (tertiary/aromatic N) is 3. The second-order valence-corrected chi connectivity index (χ2v) is 7.69. The number of hydrogen-bond donors (Lipinski definition) is 2. The molecule has 8 nitrogen and oxygen atoms in total. The largest absolute Gasteiger partial charge is 0.466 e. The summed E-state index contributed by atoms with van der Waals surface area (Å²) in [6.07, 6.45) is 2.83. The molecule has 1 amide bonds. The number of aromatic amines is 1. The Morgan fingerprint density at radius 1 is 1.12 bits per heavy atom. The number of ether oxygens (including phenoxy) is 1. The maximum absolute atomic E-state index is 12.6. The van der Waals surface area contributed by atoms with E-state index < -0.39 is 5.92 Å². The molecule has 2 atom stereocenters. The number of rotatable bonds is 11. The van der Waals surface area contributed by atoms with Gasteiger partial charge in [-0.3, -0.25) is 14.7 Å². The number of carbonyl (C=O) groups excluding carboxylic acids is 2. The quantitative estimate of drug-likeness (QED) is 0.434. The zero-order chi connectivity index (χ0) is 23.5. The third kappa shape index (κ3) is 7.01. The van der Waals surface area contributed by atoms with Gasteiger partial charge in [0, 0.05) is 12.5 Å². The van der Waals surface area contributed by atoms with E-state index in [9.17, 15) is 9.59 Å². The van der Waals surface area contributed by atoms with Gasteiger partial charge in [0.2, 0.25) is 0 Å². The normalized spacial score (nSPS) is 12.4. The van der Waals surface area contributed by atoms with Crippen molar-refractivity contribution in [3.05, 3.63) is 72.1 Å². The van der Waals surface area contributed by atoms with Crippen molar-refractivity contribution < 1.29 is 14.3 Å². The van der Waals surface area contributed by atoms with Gasteiger partial charge >= 0.3 is 5.97 Å². The molecule has 0 saturated heterocycles. The fourth-order valence-corrected chi connectivity index (χ4v) is 3.69. The summed E-state index contributed by atoms with van der Waals surface area (Å²) in [5, 5.41) is 21.8. The lowest BCUT2D eigenvalue weighted by Gasteiger charge is -2.23. The highest BCUT2D eigenvalue weighted by Crippen LogP contribution is 2.22. The first-order valence-electron chi connectivity index (χ1n) is 11.0. The molecule has 0 aliphatic carbocycles. The van der Waals surface area contributed by atoms with Crippen LogP contribution in [0.3, 0.4) is 0 Å². The van der Waals surface area contributed by atoms with Crippen molar-refractivity contribution in [2.45, 2.75) is 38.6 Å². The zero-order valence-electron chi connectivity index (χ0n) is 18.5. The molecule has 0 aliphatic rings. The number of nitrogens with one attached hydrogen (secondary N) is 2. The Balaban J connectivity index is 1.77. The molecule has 0 radical (unpaired) electrons. The molecule has 8 heteroatoms. The molecule has 3 rings (SSSR count). The van der Waals surface area contributed by atoms with Crippen LogP contribution in [-0.2, 0) is 16.0 Å². The van der Waals surface area contributed by atoms with Crippen molar-refractivity contribution in [3.8, 4) is 17.2 Å². The molecule has 2 N–H and O–H groups in total. The molecule has 0 bridgehead atoms. The predicted octanol–water partition coefficient (Wildman–Crippen LogP) is 3.69. The monoisotopic (exact) mass is 445 g/mol. The van der Waals surface area contributed by atoms with E-state index in [-0.39, 0.29) is 36.6 Å². The van der Waals surface area contributed by atoms with Gasteiger partial charge in [-0.25, -0.2) is 0 Å². The van der Waals surface area contributed by atoms with Crippen molar-refractivity contribution in [2.75, 3.05) is 6.61 Å². The molecular weight excluding hydrogens is 418 g/mol. The summed E-state index contributed by atoms with van der Waals surface area (Å²) in [5.74, 6) is -1.19. The molecule has 0 unspecified atom stereocenters. The number of esters is 1. The first-order chi connectivity index (χ1) is 16.1. The van der Waals surface area contributed by atoms with Gasteiger partial charge in [0.1, 0.15) is 5.69 Å². The fourth-order valence-electron chi connectivity index (χ4n) is 3.69. The summed E-state index contributed by atoms with van der Waals surface area (Å²) in [6, 6.07) is 19.9. The van der Waals surface area contributed by atoms with Crippen LogP contribution < -0.4 is 5.32 Å². The third-order valence-corrected chi connectivity index (χ3v) is 5.33. The lowest BCUT2D eigenvalue weighted by molar-refractivity contribution is -0.148. The predicted molar refractivity (Wildman–Crippen MR) is 123 cm³/mol. The van der Waals surface area contributed by atoms with Crippen molar-refractivity contribution in [2.24, 2.45) is 5.92 Å². The smallest absolute Gasteiger partial charge is 0.309 e. The van der Waals surface area contributed by atoms with E-state index in [4.69, 9.17) is 10.00 Å². The van der Waals surface area contributed by atoms with E-state index in [2.05, 4.69) is 38.9 Å². The van der Waals surface area contributed by atoms with Crippen molar-refractivity contribution >= 4 is 11.9 Å². The van der Waals surface area contributed by atoms with Crippen LogP contribution in [0.1, 0.15) is 42.2 Å². The van der Waals surface area contributed by atoms with Crippen LogP contribution in [0, 0.1) is 17.2 Å². The number of amides is 1. The lowest BCUT2D eigenvalue weighted by atomic mass is 9.91. The SMILES string of the molecule is CCOC(=O)[C@H](CCC#N)C[C@@H](Cc1ccc(-c2ccccc2)cc1)NC(=O)c1cnn[nH]1. The van der Waals surface area contributed by atoms with Crippen LogP contribution in [0.5, 0.6) is 0 Å². The van der Waals surface area contributed by atoms with E-state index in [1.165, 1.54) is 6.20 Å². The van der Waals surface area contributed by atoms with E-state index in [1.54, 1.807) is 6.92 Å². The van der Waals surface area contributed by atoms with Crippen LogP contribution >= 0.6 is 0 Å². The third-order valence-electron chi connectivity index (χ3n) is 5.33. The minimum absolute atomic E-state index is 0.236. The van der Waals surface area contributed by atoms with Gasteiger partial charge in [-0.1, -0.05) is 59.8 Å². The zero-order valence-corrected chi connectivity index (χ0v) is 18.5. The Kier molecular flexibility index (Phi) is 8.71. The van der Waals surface area contributed by atoms with Gasteiger partial charge in [-0.2, -0.15) is 5.26 Å². The molecule has 1 heterocycles. The van der Waals surface area contributed by atoms with Gasteiger partial charge in [-0.15, -0.1) is 5.10 Å². The maximum Gasteiger partial charge on any atom is 0.309 e. The van der Waals surface area contributed by atoms with Crippen LogP contribution in [0.4, 0.5) is 0 Å². The Bertz CT molecular complexity index is 1060. The maximum atomic E-state index is 12.6. The molecule has 33 heavy (non-hydrogen) atoms. The topological polar surface area (TPSA) is 121 Å². The lowest BCUT2D eigenvalue weighted by Crippen LogP contribution is -2.39. The second kappa shape index (κ2) is 12.2. The Morgan fingerprint density at radius 2 is 1.85 bits per heavy atom. The second-order valence-electron chi connectivity index (χ2n) is 7.69. The number of benzene rings is 2. The van der Waals surface area contributed by atoms with E-state index in [0.29, 0.717) is 19.3 Å². The van der Waals surface area contributed by atoms with E-state index in [1.807, 2.05) is 42.5 Å². The molecule has 0 aliphatic heterocycles.